The van der Waals surface area contributed by atoms with Crippen LogP contribution in [0.5, 0.6) is 0 Å². The van der Waals surface area contributed by atoms with Gasteiger partial charge in [0.05, 0.1) is 10.6 Å². The van der Waals surface area contributed by atoms with Crippen LogP contribution in [0.1, 0.15) is 19.3 Å². The third-order valence-electron chi connectivity index (χ3n) is 3.64. The number of carboxylic acids is 1. The standard InChI is InChI=1S/C12H10ClFN4O2/c13-7-3-1-4-8(14)9(7)10-15-16-17-18(10)12(11(19)20)5-2-6-12/h1,3-4H,2,5-6H2,(H,19,20). The van der Waals surface area contributed by atoms with E-state index in [2.05, 4.69) is 15.5 Å². The molecule has 1 aromatic heterocycles. The maximum absolute atomic E-state index is 14.0. The van der Waals surface area contributed by atoms with Crippen LogP contribution in [0.15, 0.2) is 18.2 Å². The second kappa shape index (κ2) is 4.52. The average molecular weight is 297 g/mol. The van der Waals surface area contributed by atoms with Crippen LogP contribution in [0.4, 0.5) is 4.39 Å². The van der Waals surface area contributed by atoms with Gasteiger partial charge >= 0.3 is 5.97 Å². The number of nitrogens with zero attached hydrogens (tertiary/aromatic N) is 4. The summed E-state index contributed by atoms with van der Waals surface area (Å²) in [7, 11) is 0. The first-order valence-electron chi connectivity index (χ1n) is 6.03. The Morgan fingerprint density at radius 1 is 1.45 bits per heavy atom. The van der Waals surface area contributed by atoms with Crippen LogP contribution in [0.2, 0.25) is 5.02 Å². The summed E-state index contributed by atoms with van der Waals surface area (Å²) >= 11 is 5.99. The first-order chi connectivity index (χ1) is 9.56. The maximum atomic E-state index is 14.0. The largest absolute Gasteiger partial charge is 0.479 e. The van der Waals surface area contributed by atoms with Gasteiger partial charge in [-0.05, 0) is 41.8 Å². The van der Waals surface area contributed by atoms with E-state index in [9.17, 15) is 14.3 Å². The van der Waals surface area contributed by atoms with Gasteiger partial charge in [-0.15, -0.1) is 5.10 Å². The van der Waals surface area contributed by atoms with E-state index in [0.29, 0.717) is 12.8 Å². The van der Waals surface area contributed by atoms with Crippen LogP contribution in [0, 0.1) is 5.82 Å². The summed E-state index contributed by atoms with van der Waals surface area (Å²) in [6.07, 6.45) is 1.58. The molecule has 6 nitrogen and oxygen atoms in total. The zero-order chi connectivity index (χ0) is 14.3. The second-order valence-corrected chi connectivity index (χ2v) is 5.11. The Bertz CT molecular complexity index is 664. The van der Waals surface area contributed by atoms with Crippen molar-refractivity contribution in [3.8, 4) is 11.4 Å². The number of hydrogen-bond donors (Lipinski definition) is 1. The lowest BCUT2D eigenvalue weighted by Crippen LogP contribution is -2.48. The first kappa shape index (κ1) is 13.0. The highest BCUT2D eigenvalue weighted by Gasteiger charge is 2.49. The summed E-state index contributed by atoms with van der Waals surface area (Å²) in [6, 6.07) is 4.20. The average Bonchev–Trinajstić information content (AvgIpc) is 2.76. The zero-order valence-electron chi connectivity index (χ0n) is 10.3. The molecule has 1 aliphatic carbocycles. The van der Waals surface area contributed by atoms with Crippen LogP contribution < -0.4 is 0 Å². The first-order valence-corrected chi connectivity index (χ1v) is 6.41. The summed E-state index contributed by atoms with van der Waals surface area (Å²) in [4.78, 5) is 11.5. The molecule has 104 valence electrons. The molecule has 1 saturated carbocycles. The molecule has 3 rings (SSSR count). The van der Waals surface area contributed by atoms with Gasteiger partial charge in [-0.1, -0.05) is 17.7 Å². The fourth-order valence-electron chi connectivity index (χ4n) is 2.37. The lowest BCUT2D eigenvalue weighted by atomic mass is 9.76. The van der Waals surface area contributed by atoms with Crippen molar-refractivity contribution >= 4 is 17.6 Å². The number of halogens is 2. The Hall–Kier alpha value is -2.02. The third kappa shape index (κ3) is 1.70. The van der Waals surface area contributed by atoms with Crippen molar-refractivity contribution < 1.29 is 14.3 Å². The summed E-state index contributed by atoms with van der Waals surface area (Å²) < 4.78 is 15.1. The number of carboxylic acid groups (broad SMARTS) is 1. The molecule has 1 heterocycles. The molecule has 1 N–H and O–H groups in total. The summed E-state index contributed by atoms with van der Waals surface area (Å²) in [5.41, 5.74) is -1.18. The molecule has 2 aromatic rings. The van der Waals surface area contributed by atoms with Crippen molar-refractivity contribution in [2.24, 2.45) is 0 Å². The van der Waals surface area contributed by atoms with Crippen LogP contribution >= 0.6 is 11.6 Å². The molecule has 1 aromatic carbocycles. The predicted molar refractivity (Wildman–Crippen MR) is 67.7 cm³/mol. The summed E-state index contributed by atoms with van der Waals surface area (Å²) in [6.45, 7) is 0. The highest BCUT2D eigenvalue weighted by atomic mass is 35.5. The summed E-state index contributed by atoms with van der Waals surface area (Å²) in [5, 5.41) is 20.5. The molecule has 1 fully saturated rings. The van der Waals surface area contributed by atoms with Gasteiger partial charge in [0.1, 0.15) is 5.82 Å². The van der Waals surface area contributed by atoms with Gasteiger partial charge in [-0.3, -0.25) is 0 Å². The minimum atomic E-state index is -1.20. The molecule has 0 amide bonds. The van der Waals surface area contributed by atoms with E-state index in [1.54, 1.807) is 0 Å². The fourth-order valence-corrected chi connectivity index (χ4v) is 2.62. The number of tetrazole rings is 1. The van der Waals surface area contributed by atoms with E-state index in [4.69, 9.17) is 11.6 Å². The molecule has 0 spiro atoms. The predicted octanol–water partition coefficient (Wildman–Crippen LogP) is 2.10. The molecule has 1 aliphatic rings. The highest BCUT2D eigenvalue weighted by Crippen LogP contribution is 2.42. The number of aliphatic carboxylic acids is 1. The molecule has 0 saturated heterocycles. The van der Waals surface area contributed by atoms with Gasteiger partial charge < -0.3 is 5.11 Å². The smallest absolute Gasteiger partial charge is 0.331 e. The van der Waals surface area contributed by atoms with Crippen molar-refractivity contribution in [3.05, 3.63) is 29.0 Å². The molecule has 0 aliphatic heterocycles. The van der Waals surface area contributed by atoms with E-state index in [1.807, 2.05) is 0 Å². The van der Waals surface area contributed by atoms with Crippen molar-refractivity contribution in [3.63, 3.8) is 0 Å². The van der Waals surface area contributed by atoms with Gasteiger partial charge in [0.25, 0.3) is 0 Å². The Balaban J connectivity index is 2.19. The summed E-state index contributed by atoms with van der Waals surface area (Å²) in [5.74, 6) is -1.58. The third-order valence-corrected chi connectivity index (χ3v) is 3.96. The van der Waals surface area contributed by atoms with Crippen molar-refractivity contribution in [2.45, 2.75) is 24.8 Å². The fraction of sp³-hybridized carbons (Fsp3) is 0.333. The number of carbonyl (C=O) groups is 1. The molecule has 0 bridgehead atoms. The minimum absolute atomic E-state index is 0.0201. The molecule has 0 radical (unpaired) electrons. The van der Waals surface area contributed by atoms with E-state index < -0.39 is 17.3 Å². The normalized spacial score (nSPS) is 16.7. The number of aromatic nitrogens is 4. The molecule has 0 atom stereocenters. The monoisotopic (exact) mass is 296 g/mol. The van der Waals surface area contributed by atoms with Crippen LogP contribution in [-0.4, -0.2) is 31.3 Å². The minimum Gasteiger partial charge on any atom is -0.479 e. The van der Waals surface area contributed by atoms with Crippen LogP contribution in [-0.2, 0) is 10.3 Å². The lowest BCUT2D eigenvalue weighted by Gasteiger charge is -2.37. The Morgan fingerprint density at radius 3 is 2.75 bits per heavy atom. The van der Waals surface area contributed by atoms with E-state index in [0.717, 1.165) is 6.42 Å². The maximum Gasteiger partial charge on any atom is 0.331 e. The number of rotatable bonds is 3. The molecular weight excluding hydrogens is 287 g/mol. The quantitative estimate of drug-likeness (QED) is 0.938. The second-order valence-electron chi connectivity index (χ2n) is 4.70. The Kier molecular flexibility index (Phi) is 2.93. The lowest BCUT2D eigenvalue weighted by molar-refractivity contribution is -0.153. The van der Waals surface area contributed by atoms with E-state index in [-0.39, 0.29) is 16.4 Å². The van der Waals surface area contributed by atoms with Gasteiger partial charge in [0.2, 0.25) is 0 Å². The van der Waals surface area contributed by atoms with Crippen molar-refractivity contribution in [2.75, 3.05) is 0 Å². The van der Waals surface area contributed by atoms with E-state index >= 15 is 0 Å². The Labute approximate surface area is 118 Å². The Morgan fingerprint density at radius 2 is 2.20 bits per heavy atom. The van der Waals surface area contributed by atoms with Crippen molar-refractivity contribution in [1.29, 1.82) is 0 Å². The van der Waals surface area contributed by atoms with Crippen LogP contribution in [0.25, 0.3) is 11.4 Å². The van der Waals surface area contributed by atoms with Gasteiger partial charge in [0, 0.05) is 0 Å². The number of benzene rings is 1. The topological polar surface area (TPSA) is 80.9 Å². The van der Waals surface area contributed by atoms with Crippen molar-refractivity contribution in [1.82, 2.24) is 20.2 Å². The van der Waals surface area contributed by atoms with Gasteiger partial charge in [-0.25, -0.2) is 13.9 Å². The SMILES string of the molecule is O=C(O)C1(n2nnnc2-c2c(F)cccc2Cl)CCC1. The van der Waals surface area contributed by atoms with Crippen LogP contribution in [0.3, 0.4) is 0 Å². The number of hydrogen-bond acceptors (Lipinski definition) is 4. The molecule has 0 unspecified atom stereocenters. The van der Waals surface area contributed by atoms with Gasteiger partial charge in [0.15, 0.2) is 11.4 Å². The highest BCUT2D eigenvalue weighted by molar-refractivity contribution is 6.33. The van der Waals surface area contributed by atoms with Gasteiger partial charge in [-0.2, -0.15) is 0 Å². The van der Waals surface area contributed by atoms with E-state index in [1.165, 1.54) is 22.9 Å². The molecule has 8 heteroatoms. The molecule has 20 heavy (non-hydrogen) atoms. The molecular formula is C12H10ClFN4O2. The zero-order valence-corrected chi connectivity index (χ0v) is 11.0.